The Morgan fingerprint density at radius 2 is 1.82 bits per heavy atom. The van der Waals surface area contributed by atoms with E-state index in [1.807, 2.05) is 36.4 Å². The van der Waals surface area contributed by atoms with Gasteiger partial charge in [0.1, 0.15) is 6.61 Å². The van der Waals surface area contributed by atoms with Crippen LogP contribution in [-0.2, 0) is 0 Å². The summed E-state index contributed by atoms with van der Waals surface area (Å²) in [7, 11) is 2.13. The van der Waals surface area contributed by atoms with Gasteiger partial charge in [-0.25, -0.2) is 4.98 Å². The Morgan fingerprint density at radius 3 is 2.64 bits per heavy atom. The van der Waals surface area contributed by atoms with Gasteiger partial charge in [-0.2, -0.15) is 0 Å². The molecule has 1 saturated heterocycles. The maximum absolute atomic E-state index is 6.13. The quantitative estimate of drug-likeness (QED) is 0.753. The highest BCUT2D eigenvalue weighted by molar-refractivity contribution is 5.77. The van der Waals surface area contributed by atoms with Crippen LogP contribution >= 0.6 is 0 Å². The molecule has 146 valence electrons. The zero-order chi connectivity index (χ0) is 18.9. The second kappa shape index (κ2) is 7.36. The van der Waals surface area contributed by atoms with Crippen LogP contribution in [0.3, 0.4) is 0 Å². The third-order valence-electron chi connectivity index (χ3n) is 5.82. The van der Waals surface area contributed by atoms with Crippen molar-refractivity contribution in [3.63, 3.8) is 0 Å². The number of ether oxygens (including phenoxy) is 2. The Balaban J connectivity index is 1.16. The number of aromatic nitrogens is 2. The van der Waals surface area contributed by atoms with Crippen LogP contribution in [0.5, 0.6) is 11.5 Å². The lowest BCUT2D eigenvalue weighted by Crippen LogP contribution is -2.47. The highest BCUT2D eigenvalue weighted by Gasteiger charge is 2.28. The molecule has 0 aliphatic carbocycles. The molecule has 0 amide bonds. The van der Waals surface area contributed by atoms with Crippen LogP contribution in [-0.4, -0.2) is 54.4 Å². The van der Waals surface area contributed by atoms with Gasteiger partial charge >= 0.3 is 0 Å². The first-order valence-electron chi connectivity index (χ1n) is 10.0. The summed E-state index contributed by atoms with van der Waals surface area (Å²) >= 11 is 0. The molecule has 1 N–H and O–H groups in total. The van der Waals surface area contributed by atoms with Crippen LogP contribution in [0, 0.1) is 5.92 Å². The molecule has 6 heteroatoms. The van der Waals surface area contributed by atoms with Gasteiger partial charge in [0.25, 0.3) is 0 Å². The van der Waals surface area contributed by atoms with E-state index in [4.69, 9.17) is 14.5 Å². The first-order valence-corrected chi connectivity index (χ1v) is 10.0. The van der Waals surface area contributed by atoms with Gasteiger partial charge in [0.15, 0.2) is 17.7 Å². The molecule has 0 bridgehead atoms. The predicted molar refractivity (Wildman–Crippen MR) is 110 cm³/mol. The highest BCUT2D eigenvalue weighted by Crippen LogP contribution is 2.32. The molecular formula is C22H26N4O2. The molecule has 6 nitrogen and oxygen atoms in total. The molecule has 1 unspecified atom stereocenters. The predicted octanol–water partition coefficient (Wildman–Crippen LogP) is 3.51. The molecule has 0 saturated carbocycles. The number of rotatable bonds is 4. The Labute approximate surface area is 165 Å². The average Bonchev–Trinajstić information content (AvgIpc) is 3.18. The number of imidazole rings is 1. The molecule has 3 heterocycles. The van der Waals surface area contributed by atoms with E-state index in [9.17, 15) is 0 Å². The first kappa shape index (κ1) is 17.4. The van der Waals surface area contributed by atoms with E-state index < -0.39 is 0 Å². The van der Waals surface area contributed by atoms with Crippen LogP contribution in [0.15, 0.2) is 48.5 Å². The summed E-state index contributed by atoms with van der Waals surface area (Å²) in [6.45, 7) is 3.65. The lowest BCUT2D eigenvalue weighted by molar-refractivity contribution is -0.0233. The number of H-pyrrole nitrogens is 1. The Morgan fingerprint density at radius 1 is 1.07 bits per heavy atom. The van der Waals surface area contributed by atoms with Gasteiger partial charge < -0.3 is 19.4 Å². The van der Waals surface area contributed by atoms with Crippen LogP contribution in [0.4, 0.5) is 5.95 Å². The van der Waals surface area contributed by atoms with Crippen LogP contribution in [0.2, 0.25) is 0 Å². The lowest BCUT2D eigenvalue weighted by Gasteiger charge is -2.37. The van der Waals surface area contributed by atoms with E-state index >= 15 is 0 Å². The van der Waals surface area contributed by atoms with Crippen LogP contribution in [0.1, 0.15) is 12.8 Å². The van der Waals surface area contributed by atoms with Gasteiger partial charge in [0, 0.05) is 19.6 Å². The molecule has 1 aromatic heterocycles. The molecule has 0 radical (unpaired) electrons. The number of anilines is 1. The standard InChI is InChI=1S/C22H26N4O2/c1-25(21-15-27-19-8-4-5-9-20(19)28-21)14-16-10-12-26(13-11-16)22-23-17-6-2-3-7-18(17)24-22/h2-9,16,21H,10-15H2,1H3,(H,23,24). The van der Waals surface area contributed by atoms with Crippen molar-refractivity contribution in [2.24, 2.45) is 5.92 Å². The number of nitrogens with one attached hydrogen (secondary N) is 1. The van der Waals surface area contributed by atoms with E-state index in [1.165, 1.54) is 0 Å². The number of aromatic amines is 1. The van der Waals surface area contributed by atoms with E-state index in [0.29, 0.717) is 12.5 Å². The summed E-state index contributed by atoms with van der Waals surface area (Å²) < 4.78 is 12.0. The number of nitrogens with zero attached hydrogens (tertiary/aromatic N) is 3. The third-order valence-corrected chi connectivity index (χ3v) is 5.82. The number of likely N-dealkylation sites (N-methyl/N-ethyl adjacent to an activating group) is 1. The van der Waals surface area contributed by atoms with Crippen molar-refractivity contribution in [1.29, 1.82) is 0 Å². The van der Waals surface area contributed by atoms with Gasteiger partial charge in [-0.05, 0) is 50.1 Å². The minimum absolute atomic E-state index is 0.0247. The van der Waals surface area contributed by atoms with Crippen LogP contribution in [0.25, 0.3) is 11.0 Å². The number of benzene rings is 2. The topological polar surface area (TPSA) is 53.6 Å². The summed E-state index contributed by atoms with van der Waals surface area (Å²) in [6, 6.07) is 16.1. The molecular weight excluding hydrogens is 352 g/mol. The Hall–Kier alpha value is -2.73. The number of hydrogen-bond acceptors (Lipinski definition) is 5. The van der Waals surface area contributed by atoms with Crippen molar-refractivity contribution in [2.45, 2.75) is 19.1 Å². The smallest absolute Gasteiger partial charge is 0.203 e. The number of para-hydroxylation sites is 4. The molecule has 28 heavy (non-hydrogen) atoms. The van der Waals surface area contributed by atoms with Gasteiger partial charge in [-0.1, -0.05) is 24.3 Å². The minimum Gasteiger partial charge on any atom is -0.484 e. The van der Waals surface area contributed by atoms with Gasteiger partial charge in [-0.3, -0.25) is 4.90 Å². The summed E-state index contributed by atoms with van der Waals surface area (Å²) in [5.74, 6) is 3.33. The average molecular weight is 378 g/mol. The SMILES string of the molecule is CN(CC1CCN(c2nc3ccccc3[nH]2)CC1)C1COc2ccccc2O1. The van der Waals surface area contributed by atoms with Crippen molar-refractivity contribution < 1.29 is 9.47 Å². The number of piperidine rings is 1. The molecule has 5 rings (SSSR count). The fourth-order valence-electron chi connectivity index (χ4n) is 4.17. The number of fused-ring (bicyclic) bond motifs is 2. The van der Waals surface area contributed by atoms with Crippen molar-refractivity contribution in [1.82, 2.24) is 14.9 Å². The summed E-state index contributed by atoms with van der Waals surface area (Å²) in [5, 5.41) is 0. The molecule has 0 spiro atoms. The number of hydrogen-bond donors (Lipinski definition) is 1. The molecule has 2 aliphatic rings. The highest BCUT2D eigenvalue weighted by atomic mass is 16.6. The molecule has 2 aromatic carbocycles. The summed E-state index contributed by atoms with van der Waals surface area (Å²) in [4.78, 5) is 12.8. The fraction of sp³-hybridized carbons (Fsp3) is 0.409. The van der Waals surface area contributed by atoms with E-state index in [0.717, 1.165) is 61.0 Å². The van der Waals surface area contributed by atoms with Gasteiger partial charge in [0.05, 0.1) is 11.0 Å². The molecule has 3 aromatic rings. The second-order valence-corrected chi connectivity index (χ2v) is 7.78. The van der Waals surface area contributed by atoms with Gasteiger partial charge in [-0.15, -0.1) is 0 Å². The van der Waals surface area contributed by atoms with Crippen molar-refractivity contribution in [2.75, 3.05) is 38.2 Å². The lowest BCUT2D eigenvalue weighted by atomic mass is 9.96. The second-order valence-electron chi connectivity index (χ2n) is 7.78. The largest absolute Gasteiger partial charge is 0.484 e. The van der Waals surface area contributed by atoms with E-state index in [-0.39, 0.29) is 6.23 Å². The molecule has 2 aliphatic heterocycles. The fourth-order valence-corrected chi connectivity index (χ4v) is 4.17. The normalized spacial score (nSPS) is 20.1. The van der Waals surface area contributed by atoms with Crippen LogP contribution < -0.4 is 14.4 Å². The minimum atomic E-state index is -0.0247. The maximum Gasteiger partial charge on any atom is 0.203 e. The molecule has 1 atom stereocenters. The Bertz CT molecular complexity index is 915. The summed E-state index contributed by atoms with van der Waals surface area (Å²) in [5.41, 5.74) is 2.14. The zero-order valence-electron chi connectivity index (χ0n) is 16.2. The monoisotopic (exact) mass is 378 g/mol. The van der Waals surface area contributed by atoms with Crippen molar-refractivity contribution in [3.05, 3.63) is 48.5 Å². The first-order chi connectivity index (χ1) is 13.8. The zero-order valence-corrected chi connectivity index (χ0v) is 16.2. The Kier molecular flexibility index (Phi) is 4.56. The maximum atomic E-state index is 6.13. The van der Waals surface area contributed by atoms with E-state index in [1.54, 1.807) is 0 Å². The summed E-state index contributed by atoms with van der Waals surface area (Å²) in [6.07, 6.45) is 2.29. The third kappa shape index (κ3) is 3.40. The van der Waals surface area contributed by atoms with E-state index in [2.05, 4.69) is 34.0 Å². The molecule has 1 fully saturated rings. The van der Waals surface area contributed by atoms with Crippen molar-refractivity contribution in [3.8, 4) is 11.5 Å². The van der Waals surface area contributed by atoms with Crippen molar-refractivity contribution >= 4 is 17.0 Å². The van der Waals surface area contributed by atoms with Gasteiger partial charge in [0.2, 0.25) is 5.95 Å².